The minimum Gasteiger partial charge on any atom is -1.00 e. The van der Waals surface area contributed by atoms with E-state index in [1.807, 2.05) is 60.7 Å². The van der Waals surface area contributed by atoms with Crippen LogP contribution >= 0.6 is 78.3 Å². The minimum absolute atomic E-state index is 0. The van der Waals surface area contributed by atoms with Gasteiger partial charge in [0.05, 0.1) is 46.2 Å². The van der Waals surface area contributed by atoms with E-state index in [1.54, 1.807) is 30.3 Å². The standard InChI is InChI=1S/C20H14BrCl2NO4.C19H14BrCl2NO3.B.Li.H/c1-26-20(25)14-9-18(28-19-15(22)7-13(21)8-16(19)23)24-10-17(14)27-11-12-5-3-2-4-6-12;20-14-7-15(21)19(16(22)8-14)26-18-6-13(10-24)17(9-23-18)25-11-12-4-2-1-3-5-12;;;/h2-10H,11H2,1H3;1-9,24H,10-11H2;;;/q;;;+1;-1. The maximum atomic E-state index is 12.2. The molecule has 0 aliphatic rings. The number of hydrogen-bond acceptors (Lipinski definition) is 9. The van der Waals surface area contributed by atoms with Crippen LogP contribution in [0.5, 0.6) is 34.8 Å². The summed E-state index contributed by atoms with van der Waals surface area (Å²) >= 11 is 31.3. The fraction of sp³-hybridized carbons (Fsp3) is 0.103. The van der Waals surface area contributed by atoms with E-state index in [0.29, 0.717) is 48.2 Å². The number of hydrogen-bond donors (Lipinski definition) is 1. The van der Waals surface area contributed by atoms with Gasteiger partial charge in [0.15, 0.2) is 17.2 Å². The number of carbonyl (C=O) groups is 1. The van der Waals surface area contributed by atoms with Crippen LogP contribution in [0.2, 0.25) is 20.1 Å². The molecule has 283 valence electrons. The van der Waals surface area contributed by atoms with Crippen molar-refractivity contribution in [2.75, 3.05) is 7.11 Å². The molecule has 0 aliphatic heterocycles. The molecule has 9 nitrogen and oxygen atoms in total. The summed E-state index contributed by atoms with van der Waals surface area (Å²) in [5.74, 6) is 1.08. The number of methoxy groups -OCH3 is 1. The molecule has 6 rings (SSSR count). The molecule has 56 heavy (non-hydrogen) atoms. The number of rotatable bonds is 12. The first-order valence-electron chi connectivity index (χ1n) is 15.7. The van der Waals surface area contributed by atoms with Crippen molar-refractivity contribution < 1.29 is 53.9 Å². The maximum Gasteiger partial charge on any atom is 1.00 e. The molecule has 2 heterocycles. The average molecular weight is 957 g/mol. The largest absolute Gasteiger partial charge is 1.00 e. The molecule has 0 unspecified atom stereocenters. The van der Waals surface area contributed by atoms with Crippen molar-refractivity contribution in [1.29, 1.82) is 0 Å². The summed E-state index contributed by atoms with van der Waals surface area (Å²) in [5.41, 5.74) is 2.69. The Morgan fingerprint density at radius 2 is 1.09 bits per heavy atom. The molecule has 0 saturated heterocycles. The van der Waals surface area contributed by atoms with E-state index in [4.69, 9.17) is 70.1 Å². The van der Waals surface area contributed by atoms with Crippen LogP contribution in [0.4, 0.5) is 0 Å². The molecule has 1 N–H and O–H groups in total. The van der Waals surface area contributed by atoms with E-state index in [-0.39, 0.29) is 70.7 Å². The van der Waals surface area contributed by atoms with Gasteiger partial charge in [-0.2, -0.15) is 0 Å². The van der Waals surface area contributed by atoms with Gasteiger partial charge in [-0.3, -0.25) is 0 Å². The van der Waals surface area contributed by atoms with Crippen LogP contribution in [0.15, 0.2) is 118 Å². The van der Waals surface area contributed by atoms with Gasteiger partial charge in [0.25, 0.3) is 0 Å². The summed E-state index contributed by atoms with van der Waals surface area (Å²) in [5, 5.41) is 10.9. The Balaban J connectivity index is 0.000000375. The van der Waals surface area contributed by atoms with Gasteiger partial charge in [0.2, 0.25) is 11.8 Å². The second-order valence-electron chi connectivity index (χ2n) is 10.9. The number of aromatic nitrogens is 2. The summed E-state index contributed by atoms with van der Waals surface area (Å²) in [7, 11) is 1.28. The third kappa shape index (κ3) is 13.3. The third-order valence-electron chi connectivity index (χ3n) is 7.15. The zero-order chi connectivity index (χ0) is 38.6. The maximum absolute atomic E-state index is 12.2. The van der Waals surface area contributed by atoms with Crippen LogP contribution < -0.4 is 37.8 Å². The predicted octanol–water partition coefficient (Wildman–Crippen LogP) is 9.06. The zero-order valence-corrected chi connectivity index (χ0v) is 35.8. The number of halogens is 6. The van der Waals surface area contributed by atoms with Gasteiger partial charge in [-0.05, 0) is 35.4 Å². The first kappa shape index (κ1) is 47.0. The van der Waals surface area contributed by atoms with E-state index in [2.05, 4.69) is 41.8 Å². The molecule has 4 aromatic carbocycles. The van der Waals surface area contributed by atoms with E-state index < -0.39 is 5.97 Å². The third-order valence-corrected chi connectivity index (χ3v) is 9.19. The Labute approximate surface area is 376 Å². The molecule has 6 aromatic rings. The molecule has 17 heteroatoms. The summed E-state index contributed by atoms with van der Waals surface area (Å²) < 4.78 is 29.2. The Hall–Kier alpha value is -3.41. The molecule has 0 fully saturated rings. The van der Waals surface area contributed by atoms with Gasteiger partial charge >= 0.3 is 24.8 Å². The first-order chi connectivity index (χ1) is 26.0. The van der Waals surface area contributed by atoms with E-state index in [1.165, 1.54) is 25.6 Å². The van der Waals surface area contributed by atoms with Crippen molar-refractivity contribution >= 4 is 92.6 Å². The molecular formula is C39H29BBr2Cl4LiN2O7. The minimum atomic E-state index is -0.580. The summed E-state index contributed by atoms with van der Waals surface area (Å²) in [4.78, 5) is 20.6. The molecule has 0 spiro atoms. The number of benzene rings is 4. The first-order valence-corrected chi connectivity index (χ1v) is 18.8. The summed E-state index contributed by atoms with van der Waals surface area (Å²) in [6, 6.07) is 28.9. The molecule has 0 bridgehead atoms. The molecule has 2 aromatic heterocycles. The van der Waals surface area contributed by atoms with Gasteiger partial charge in [-0.15, -0.1) is 0 Å². The number of pyridine rings is 2. The topological polar surface area (TPSA) is 109 Å². The molecule has 0 saturated carbocycles. The normalized spacial score (nSPS) is 10.1. The molecule has 0 aliphatic carbocycles. The van der Waals surface area contributed by atoms with Crippen LogP contribution in [0.3, 0.4) is 0 Å². The number of nitrogens with zero attached hydrogens (tertiary/aromatic N) is 2. The van der Waals surface area contributed by atoms with Crippen molar-refractivity contribution in [3.8, 4) is 34.8 Å². The van der Waals surface area contributed by atoms with Crippen molar-refractivity contribution in [2.45, 2.75) is 19.8 Å². The summed E-state index contributed by atoms with van der Waals surface area (Å²) in [6.07, 6.45) is 2.90. The van der Waals surface area contributed by atoms with Gasteiger partial charge in [-0.1, -0.05) is 139 Å². The van der Waals surface area contributed by atoms with Crippen LogP contribution in [0.25, 0.3) is 0 Å². The Kier molecular flexibility index (Phi) is 19.4. The number of ether oxygens (including phenoxy) is 5. The zero-order valence-electron chi connectivity index (χ0n) is 30.6. The Bertz CT molecular complexity index is 2190. The smallest absolute Gasteiger partial charge is 1.00 e. The number of aliphatic hydroxyl groups is 1. The Morgan fingerprint density at radius 3 is 1.52 bits per heavy atom. The number of esters is 1. The Morgan fingerprint density at radius 1 is 0.679 bits per heavy atom. The van der Waals surface area contributed by atoms with Crippen LogP contribution in [0, 0.1) is 0 Å². The number of aliphatic hydroxyl groups excluding tert-OH is 1. The summed E-state index contributed by atoms with van der Waals surface area (Å²) in [6.45, 7) is 0.433. The van der Waals surface area contributed by atoms with Crippen molar-refractivity contribution in [3.63, 3.8) is 0 Å². The van der Waals surface area contributed by atoms with E-state index in [9.17, 15) is 9.90 Å². The second kappa shape index (κ2) is 23.1. The van der Waals surface area contributed by atoms with Gasteiger partial charge in [-0.25, -0.2) is 14.8 Å². The molecule has 3 radical (unpaired) electrons. The second-order valence-corrected chi connectivity index (χ2v) is 14.4. The van der Waals surface area contributed by atoms with Crippen LogP contribution in [-0.2, 0) is 24.6 Å². The quantitative estimate of drug-likeness (QED) is 0.0950. The van der Waals surface area contributed by atoms with Gasteiger partial charge < -0.3 is 30.2 Å². The SMILES string of the molecule is COC(=O)c1cc(Oc2c(Cl)cc(Br)cc2Cl)ncc1OCc1ccccc1.OCc1cc(Oc2c(Cl)cc(Br)cc2Cl)ncc1OCc1ccccc1.[B].[H-].[Li+]. The molecular weight excluding hydrogens is 928 g/mol. The van der Waals surface area contributed by atoms with Crippen LogP contribution in [-0.4, -0.2) is 36.6 Å². The van der Waals surface area contributed by atoms with Crippen molar-refractivity contribution in [1.82, 2.24) is 9.97 Å². The van der Waals surface area contributed by atoms with Crippen molar-refractivity contribution in [3.05, 3.63) is 161 Å². The average Bonchev–Trinajstić information content (AvgIpc) is 3.17. The van der Waals surface area contributed by atoms with E-state index in [0.717, 1.165) is 15.6 Å². The monoisotopic (exact) mass is 953 g/mol. The van der Waals surface area contributed by atoms with Crippen molar-refractivity contribution in [2.24, 2.45) is 0 Å². The van der Waals surface area contributed by atoms with Gasteiger partial charge in [0.1, 0.15) is 24.5 Å². The molecule has 0 atom stereocenters. The predicted molar refractivity (Wildman–Crippen MR) is 223 cm³/mol. The van der Waals surface area contributed by atoms with Crippen LogP contribution in [0.1, 0.15) is 28.5 Å². The fourth-order valence-corrected chi connectivity index (χ4v) is 7.14. The molecule has 0 amide bonds. The van der Waals surface area contributed by atoms with Gasteiger partial charge in [0, 0.05) is 35.1 Å². The van der Waals surface area contributed by atoms with E-state index >= 15 is 0 Å². The number of carbonyl (C=O) groups excluding carboxylic acids is 1. The fourth-order valence-electron chi connectivity index (χ4n) is 4.57.